The van der Waals surface area contributed by atoms with E-state index in [4.69, 9.17) is 0 Å². The molecule has 0 amide bonds. The summed E-state index contributed by atoms with van der Waals surface area (Å²) in [6.07, 6.45) is 5.28. The number of pyridine rings is 1. The van der Waals surface area contributed by atoms with Crippen molar-refractivity contribution in [2.24, 2.45) is 5.92 Å². The summed E-state index contributed by atoms with van der Waals surface area (Å²) < 4.78 is 1.99. The second-order valence-electron chi connectivity index (χ2n) is 5.34. The van der Waals surface area contributed by atoms with Crippen molar-refractivity contribution < 1.29 is 0 Å². The van der Waals surface area contributed by atoms with E-state index in [0.29, 0.717) is 5.92 Å². The lowest BCUT2D eigenvalue weighted by molar-refractivity contribution is 0.190. The number of H-pyrrole nitrogens is 1. The lowest BCUT2D eigenvalue weighted by Crippen LogP contribution is -2.34. The molecule has 1 aliphatic heterocycles. The predicted octanol–water partition coefficient (Wildman–Crippen LogP) is 1.30. The first-order valence-electron chi connectivity index (χ1n) is 7.04. The highest BCUT2D eigenvalue weighted by Gasteiger charge is 2.20. The molecular weight excluding hydrogens is 240 g/mol. The normalized spacial score (nSPS) is 18.2. The van der Waals surface area contributed by atoms with Crippen LogP contribution in [0.3, 0.4) is 0 Å². The molecule has 1 N–H and O–H groups in total. The third-order valence-corrected chi connectivity index (χ3v) is 4.13. The zero-order valence-electron chi connectivity index (χ0n) is 11.3. The van der Waals surface area contributed by atoms with Gasteiger partial charge in [0.15, 0.2) is 5.43 Å². The second kappa shape index (κ2) is 5.17. The van der Waals surface area contributed by atoms with Crippen molar-refractivity contribution in [3.63, 3.8) is 0 Å². The van der Waals surface area contributed by atoms with E-state index in [1.165, 1.54) is 25.9 Å². The fraction of sp³-hybridized carbons (Fsp3) is 0.571. The van der Waals surface area contributed by atoms with Crippen LogP contribution in [0.4, 0.5) is 0 Å². The molecule has 0 aromatic carbocycles. The van der Waals surface area contributed by atoms with Gasteiger partial charge >= 0.3 is 0 Å². The summed E-state index contributed by atoms with van der Waals surface area (Å²) in [5.74, 6) is 1.73. The smallest absolute Gasteiger partial charge is 0.183 e. The molecule has 3 heterocycles. The molecular formula is C14H20N4O. The standard InChI is InChI=1S/C14H20N4O/c1-2-17-6-3-11(4-7-17)9-13-15-16-14-10-12(19)5-8-18(13)14/h5,8,10-11,16H,2-4,6-7,9H2,1H3. The van der Waals surface area contributed by atoms with E-state index >= 15 is 0 Å². The summed E-state index contributed by atoms with van der Waals surface area (Å²) in [4.78, 5) is 13.8. The zero-order valence-corrected chi connectivity index (χ0v) is 11.3. The van der Waals surface area contributed by atoms with Crippen LogP contribution in [0.5, 0.6) is 0 Å². The molecule has 3 rings (SSSR count). The minimum atomic E-state index is 0.0199. The lowest BCUT2D eigenvalue weighted by Gasteiger charge is -2.30. The van der Waals surface area contributed by atoms with Crippen molar-refractivity contribution >= 4 is 5.65 Å². The summed E-state index contributed by atoms with van der Waals surface area (Å²) in [5, 5.41) is 7.30. The van der Waals surface area contributed by atoms with Gasteiger partial charge in [0, 0.05) is 24.8 Å². The topological polar surface area (TPSA) is 53.4 Å². The Morgan fingerprint density at radius 1 is 1.42 bits per heavy atom. The number of hydrogen-bond acceptors (Lipinski definition) is 3. The second-order valence-corrected chi connectivity index (χ2v) is 5.34. The molecule has 0 radical (unpaired) electrons. The Morgan fingerprint density at radius 3 is 2.95 bits per heavy atom. The van der Waals surface area contributed by atoms with E-state index in [-0.39, 0.29) is 5.43 Å². The van der Waals surface area contributed by atoms with Gasteiger partial charge in [-0.2, -0.15) is 5.10 Å². The lowest BCUT2D eigenvalue weighted by atomic mass is 9.93. The fourth-order valence-corrected chi connectivity index (χ4v) is 2.88. The molecule has 1 saturated heterocycles. The van der Waals surface area contributed by atoms with E-state index < -0.39 is 0 Å². The third kappa shape index (κ3) is 2.56. The highest BCUT2D eigenvalue weighted by Crippen LogP contribution is 2.20. The number of piperidine rings is 1. The van der Waals surface area contributed by atoms with Gasteiger partial charge in [-0.15, -0.1) is 0 Å². The number of nitrogens with zero attached hydrogens (tertiary/aromatic N) is 3. The number of aromatic amines is 1. The van der Waals surface area contributed by atoms with Crippen molar-refractivity contribution in [1.29, 1.82) is 0 Å². The van der Waals surface area contributed by atoms with Crippen LogP contribution in [0.15, 0.2) is 23.1 Å². The van der Waals surface area contributed by atoms with E-state index in [1.807, 2.05) is 10.6 Å². The van der Waals surface area contributed by atoms with Crippen LogP contribution in [0.25, 0.3) is 5.65 Å². The average molecular weight is 260 g/mol. The molecule has 19 heavy (non-hydrogen) atoms. The minimum absolute atomic E-state index is 0.0199. The van der Waals surface area contributed by atoms with E-state index in [9.17, 15) is 4.79 Å². The Hall–Kier alpha value is -1.62. The predicted molar refractivity (Wildman–Crippen MR) is 74.4 cm³/mol. The molecule has 1 aliphatic rings. The molecule has 0 unspecified atom stereocenters. The Labute approximate surface area is 112 Å². The molecule has 2 aromatic rings. The van der Waals surface area contributed by atoms with Gasteiger partial charge in [-0.25, -0.2) is 0 Å². The van der Waals surface area contributed by atoms with Gasteiger partial charge < -0.3 is 4.90 Å². The van der Waals surface area contributed by atoms with Gasteiger partial charge in [-0.05, 0) is 38.4 Å². The fourth-order valence-electron chi connectivity index (χ4n) is 2.88. The van der Waals surface area contributed by atoms with Crippen molar-refractivity contribution in [3.05, 3.63) is 34.4 Å². The van der Waals surface area contributed by atoms with Crippen LogP contribution in [0, 0.1) is 5.92 Å². The Balaban J connectivity index is 1.74. The molecule has 5 heteroatoms. The monoisotopic (exact) mass is 260 g/mol. The molecule has 102 valence electrons. The number of nitrogens with one attached hydrogen (secondary N) is 1. The Kier molecular flexibility index (Phi) is 3.38. The average Bonchev–Trinajstić information content (AvgIpc) is 2.82. The molecule has 5 nitrogen and oxygen atoms in total. The van der Waals surface area contributed by atoms with Crippen molar-refractivity contribution in [2.75, 3.05) is 19.6 Å². The molecule has 0 aliphatic carbocycles. The van der Waals surface area contributed by atoms with Crippen molar-refractivity contribution in [2.45, 2.75) is 26.2 Å². The summed E-state index contributed by atoms with van der Waals surface area (Å²) in [7, 11) is 0. The SMILES string of the molecule is CCN1CCC(Cc2n[nH]c3cc(=O)ccn23)CC1. The highest BCUT2D eigenvalue weighted by molar-refractivity contribution is 5.37. The van der Waals surface area contributed by atoms with Crippen molar-refractivity contribution in [3.8, 4) is 0 Å². The quantitative estimate of drug-likeness (QED) is 0.905. The molecule has 0 atom stereocenters. The number of aromatic nitrogens is 3. The summed E-state index contributed by atoms with van der Waals surface area (Å²) in [5.41, 5.74) is 0.806. The van der Waals surface area contributed by atoms with Crippen LogP contribution in [-0.2, 0) is 6.42 Å². The van der Waals surface area contributed by atoms with Crippen LogP contribution in [0.1, 0.15) is 25.6 Å². The maximum absolute atomic E-state index is 11.3. The Bertz CT molecular complexity index is 607. The third-order valence-electron chi connectivity index (χ3n) is 4.13. The van der Waals surface area contributed by atoms with E-state index in [1.54, 1.807) is 12.1 Å². The number of fused-ring (bicyclic) bond motifs is 1. The van der Waals surface area contributed by atoms with E-state index in [0.717, 1.165) is 24.4 Å². The molecule has 2 aromatic heterocycles. The number of hydrogen-bond donors (Lipinski definition) is 1. The first kappa shape index (κ1) is 12.4. The van der Waals surface area contributed by atoms with Gasteiger partial charge in [0.2, 0.25) is 0 Å². The first-order valence-corrected chi connectivity index (χ1v) is 7.04. The maximum atomic E-state index is 11.3. The summed E-state index contributed by atoms with van der Waals surface area (Å²) in [6.45, 7) is 5.76. The largest absolute Gasteiger partial charge is 0.304 e. The van der Waals surface area contributed by atoms with Gasteiger partial charge in [-0.1, -0.05) is 6.92 Å². The summed E-state index contributed by atoms with van der Waals surface area (Å²) in [6, 6.07) is 3.18. The Morgan fingerprint density at radius 2 is 2.21 bits per heavy atom. The van der Waals surface area contributed by atoms with Gasteiger partial charge in [0.05, 0.1) is 0 Å². The van der Waals surface area contributed by atoms with Crippen LogP contribution in [0.2, 0.25) is 0 Å². The molecule has 0 spiro atoms. The van der Waals surface area contributed by atoms with Crippen LogP contribution >= 0.6 is 0 Å². The number of likely N-dealkylation sites (tertiary alicyclic amines) is 1. The molecule has 0 bridgehead atoms. The van der Waals surface area contributed by atoms with Crippen molar-refractivity contribution in [1.82, 2.24) is 19.5 Å². The van der Waals surface area contributed by atoms with Crippen LogP contribution < -0.4 is 5.43 Å². The minimum Gasteiger partial charge on any atom is -0.304 e. The van der Waals surface area contributed by atoms with Gasteiger partial charge in [0.25, 0.3) is 0 Å². The van der Waals surface area contributed by atoms with Gasteiger partial charge in [-0.3, -0.25) is 14.3 Å². The van der Waals surface area contributed by atoms with E-state index in [2.05, 4.69) is 22.0 Å². The maximum Gasteiger partial charge on any atom is 0.183 e. The number of rotatable bonds is 3. The highest BCUT2D eigenvalue weighted by atomic mass is 16.1. The first-order chi connectivity index (χ1) is 9.26. The molecule has 0 saturated carbocycles. The summed E-state index contributed by atoms with van der Waals surface area (Å²) >= 11 is 0. The zero-order chi connectivity index (χ0) is 13.2. The van der Waals surface area contributed by atoms with Gasteiger partial charge in [0.1, 0.15) is 11.5 Å². The molecule has 1 fully saturated rings. The van der Waals surface area contributed by atoms with Crippen LogP contribution in [-0.4, -0.2) is 39.1 Å².